The number of benzene rings is 2. The lowest BCUT2D eigenvalue weighted by molar-refractivity contribution is -0.125. The van der Waals surface area contributed by atoms with E-state index in [4.69, 9.17) is 4.74 Å². The first-order valence-corrected chi connectivity index (χ1v) is 12.4. The molecule has 39 heavy (non-hydrogen) atoms. The molecule has 2 aromatic carbocycles. The third-order valence-electron chi connectivity index (χ3n) is 6.70. The number of hydrogen-bond donors (Lipinski definition) is 1. The zero-order valence-electron chi connectivity index (χ0n) is 21.1. The number of pyridine rings is 1. The number of carbonyl (C=O) groups excluding carboxylic acids is 1. The van der Waals surface area contributed by atoms with E-state index >= 15 is 4.39 Å². The van der Waals surface area contributed by atoms with Gasteiger partial charge in [0.15, 0.2) is 5.65 Å². The predicted molar refractivity (Wildman–Crippen MR) is 146 cm³/mol. The Bertz CT molecular complexity index is 1780. The number of fused-ring (bicyclic) bond motifs is 2. The van der Waals surface area contributed by atoms with Crippen molar-refractivity contribution in [1.29, 1.82) is 0 Å². The molecule has 9 nitrogen and oxygen atoms in total. The Morgan fingerprint density at radius 1 is 1.13 bits per heavy atom. The number of nitrogens with zero attached hydrogens (tertiary/aromatic N) is 6. The second-order valence-electron chi connectivity index (χ2n) is 9.14. The van der Waals surface area contributed by atoms with Crippen LogP contribution in [0.3, 0.4) is 0 Å². The molecule has 1 amide bonds. The summed E-state index contributed by atoms with van der Waals surface area (Å²) in [6, 6.07) is 12.8. The van der Waals surface area contributed by atoms with E-state index in [9.17, 15) is 4.79 Å². The molecule has 5 aromatic rings. The van der Waals surface area contributed by atoms with Gasteiger partial charge in [0, 0.05) is 36.6 Å². The van der Waals surface area contributed by atoms with Gasteiger partial charge in [0.25, 0.3) is 0 Å². The maximum absolute atomic E-state index is 15.9. The molecule has 0 fully saturated rings. The van der Waals surface area contributed by atoms with E-state index in [1.54, 1.807) is 27.7 Å². The Morgan fingerprint density at radius 2 is 2.03 bits per heavy atom. The molecule has 0 spiro atoms. The summed E-state index contributed by atoms with van der Waals surface area (Å²) >= 11 is 0. The van der Waals surface area contributed by atoms with Crippen LogP contribution in [0.4, 0.5) is 15.9 Å². The maximum atomic E-state index is 15.9. The van der Waals surface area contributed by atoms with Crippen molar-refractivity contribution in [2.75, 3.05) is 18.4 Å². The van der Waals surface area contributed by atoms with Gasteiger partial charge in [-0.1, -0.05) is 12.7 Å². The molecule has 3 aromatic heterocycles. The van der Waals surface area contributed by atoms with Crippen molar-refractivity contribution < 1.29 is 13.9 Å². The van der Waals surface area contributed by atoms with Gasteiger partial charge in [0.1, 0.15) is 35.8 Å². The lowest BCUT2D eigenvalue weighted by atomic mass is 9.97. The van der Waals surface area contributed by atoms with Crippen molar-refractivity contribution in [3.63, 3.8) is 0 Å². The van der Waals surface area contributed by atoms with Crippen molar-refractivity contribution in [1.82, 2.24) is 29.5 Å². The summed E-state index contributed by atoms with van der Waals surface area (Å²) in [6.07, 6.45) is 8.40. The first kappa shape index (κ1) is 24.2. The highest BCUT2D eigenvalue weighted by Crippen LogP contribution is 2.34. The van der Waals surface area contributed by atoms with E-state index in [0.717, 1.165) is 16.8 Å². The van der Waals surface area contributed by atoms with Gasteiger partial charge in [-0.15, -0.1) is 0 Å². The fourth-order valence-corrected chi connectivity index (χ4v) is 4.66. The number of aryl methyl sites for hydroxylation is 1. The second-order valence-corrected chi connectivity index (χ2v) is 9.14. The smallest absolute Gasteiger partial charge is 0.246 e. The minimum absolute atomic E-state index is 0.132. The minimum atomic E-state index is -0.397. The molecular weight excluding hydrogens is 497 g/mol. The van der Waals surface area contributed by atoms with E-state index < -0.39 is 5.82 Å². The van der Waals surface area contributed by atoms with Crippen molar-refractivity contribution >= 4 is 39.5 Å². The Labute approximate surface area is 223 Å². The van der Waals surface area contributed by atoms with Crippen LogP contribution in [0, 0.1) is 12.7 Å². The summed E-state index contributed by atoms with van der Waals surface area (Å²) in [7, 11) is 0. The fourth-order valence-electron chi connectivity index (χ4n) is 4.66. The standard InChI is InChI=1S/C29H24FN7O2/c1-3-26(38)36-11-8-19(9-12-36)22-5-6-23-27(28(22)30)29(33-16-31-23)35-20-4-7-24(18(2)14-20)39-21-10-13-37-25(15-21)32-17-34-37/h3-8,10,13-17H,1,9,11-12H2,2H3,(H,31,33,35). The summed E-state index contributed by atoms with van der Waals surface area (Å²) in [5.41, 5.74) is 4.12. The van der Waals surface area contributed by atoms with Gasteiger partial charge in [-0.2, -0.15) is 5.10 Å². The highest BCUT2D eigenvalue weighted by Gasteiger charge is 2.21. The van der Waals surface area contributed by atoms with E-state index in [0.29, 0.717) is 58.9 Å². The number of amides is 1. The molecule has 0 bridgehead atoms. The predicted octanol–water partition coefficient (Wildman–Crippen LogP) is 5.46. The maximum Gasteiger partial charge on any atom is 0.246 e. The zero-order chi connectivity index (χ0) is 26.9. The van der Waals surface area contributed by atoms with Crippen molar-refractivity contribution in [2.45, 2.75) is 13.3 Å². The lowest BCUT2D eigenvalue weighted by Gasteiger charge is -2.26. The number of ether oxygens (including phenoxy) is 1. The van der Waals surface area contributed by atoms with Crippen LogP contribution in [0.1, 0.15) is 17.5 Å². The molecule has 4 heterocycles. The highest BCUT2D eigenvalue weighted by molar-refractivity contribution is 5.94. The van der Waals surface area contributed by atoms with Crippen LogP contribution in [0.15, 0.2) is 80.0 Å². The molecular formula is C29H24FN7O2. The van der Waals surface area contributed by atoms with Crippen molar-refractivity contribution in [3.05, 3.63) is 97.0 Å². The average molecular weight is 522 g/mol. The Morgan fingerprint density at radius 3 is 2.82 bits per heavy atom. The Balaban J connectivity index is 1.27. The quantitative estimate of drug-likeness (QED) is 0.297. The molecule has 0 atom stereocenters. The minimum Gasteiger partial charge on any atom is -0.457 e. The van der Waals surface area contributed by atoms with E-state index in [1.165, 1.54) is 18.7 Å². The molecule has 0 aliphatic carbocycles. The van der Waals surface area contributed by atoms with Gasteiger partial charge in [-0.3, -0.25) is 4.79 Å². The summed E-state index contributed by atoms with van der Waals surface area (Å²) in [4.78, 5) is 26.4. The molecule has 1 aliphatic rings. The summed E-state index contributed by atoms with van der Waals surface area (Å²) in [6.45, 7) is 6.39. The molecule has 0 unspecified atom stereocenters. The Kier molecular flexibility index (Phi) is 6.20. The van der Waals surface area contributed by atoms with Crippen LogP contribution in [0.2, 0.25) is 0 Å². The largest absolute Gasteiger partial charge is 0.457 e. The SMILES string of the molecule is C=CC(=O)N1CC=C(c2ccc3ncnc(Nc4ccc(Oc5ccn6ncnc6c5)c(C)c4)c3c2F)CC1. The third kappa shape index (κ3) is 4.68. The van der Waals surface area contributed by atoms with Crippen LogP contribution in [-0.2, 0) is 4.79 Å². The van der Waals surface area contributed by atoms with Gasteiger partial charge in [-0.05, 0) is 67.0 Å². The van der Waals surface area contributed by atoms with E-state index in [1.807, 2.05) is 43.3 Å². The first-order chi connectivity index (χ1) is 19.0. The van der Waals surface area contributed by atoms with Crippen LogP contribution in [0.25, 0.3) is 22.1 Å². The van der Waals surface area contributed by atoms with Gasteiger partial charge in [0.2, 0.25) is 5.91 Å². The molecule has 194 valence electrons. The Hall–Kier alpha value is -5.12. The summed E-state index contributed by atoms with van der Waals surface area (Å²) in [5.74, 6) is 1.16. The molecule has 6 rings (SSSR count). The van der Waals surface area contributed by atoms with Crippen LogP contribution >= 0.6 is 0 Å². The molecule has 1 N–H and O–H groups in total. The molecule has 0 radical (unpaired) electrons. The third-order valence-corrected chi connectivity index (χ3v) is 6.70. The van der Waals surface area contributed by atoms with Gasteiger partial charge in [-0.25, -0.2) is 23.9 Å². The highest BCUT2D eigenvalue weighted by atomic mass is 19.1. The summed E-state index contributed by atoms with van der Waals surface area (Å²) < 4.78 is 23.6. The molecule has 10 heteroatoms. The number of carbonyl (C=O) groups is 1. The van der Waals surface area contributed by atoms with Crippen LogP contribution in [-0.4, -0.2) is 48.5 Å². The second kappa shape index (κ2) is 9.97. The van der Waals surface area contributed by atoms with Gasteiger partial charge < -0.3 is 15.0 Å². The van der Waals surface area contributed by atoms with Crippen molar-refractivity contribution in [2.24, 2.45) is 0 Å². The van der Waals surface area contributed by atoms with Gasteiger partial charge >= 0.3 is 0 Å². The number of anilines is 2. The number of nitrogens with one attached hydrogen (secondary N) is 1. The number of rotatable bonds is 6. The monoisotopic (exact) mass is 521 g/mol. The molecule has 0 saturated heterocycles. The van der Waals surface area contributed by atoms with Crippen LogP contribution in [0.5, 0.6) is 11.5 Å². The van der Waals surface area contributed by atoms with E-state index in [-0.39, 0.29) is 5.91 Å². The number of halogens is 1. The normalized spacial score (nSPS) is 13.4. The average Bonchev–Trinajstić information content (AvgIpc) is 3.43. The lowest BCUT2D eigenvalue weighted by Crippen LogP contribution is -2.33. The fraction of sp³-hybridized carbons (Fsp3) is 0.138. The van der Waals surface area contributed by atoms with Crippen LogP contribution < -0.4 is 10.1 Å². The number of hydrogen-bond acceptors (Lipinski definition) is 7. The molecule has 1 aliphatic heterocycles. The zero-order valence-corrected chi connectivity index (χ0v) is 21.1. The van der Waals surface area contributed by atoms with E-state index in [2.05, 4.69) is 31.9 Å². The molecule has 0 saturated carbocycles. The van der Waals surface area contributed by atoms with Crippen molar-refractivity contribution in [3.8, 4) is 11.5 Å². The topological polar surface area (TPSA) is 97.5 Å². The first-order valence-electron chi connectivity index (χ1n) is 12.4. The van der Waals surface area contributed by atoms with Gasteiger partial charge in [0.05, 0.1) is 10.9 Å². The number of aromatic nitrogens is 5. The summed E-state index contributed by atoms with van der Waals surface area (Å²) in [5, 5.41) is 7.65.